The highest BCUT2D eigenvalue weighted by molar-refractivity contribution is 7.80. The van der Waals surface area contributed by atoms with Gasteiger partial charge >= 0.3 is 0 Å². The molecule has 0 unspecified atom stereocenters. The van der Waals surface area contributed by atoms with Crippen LogP contribution in [-0.2, 0) is 5.41 Å². The third kappa shape index (κ3) is 6.31. The Morgan fingerprint density at radius 3 is 2.59 bits per heavy atom. The molecule has 8 heteroatoms. The summed E-state index contributed by atoms with van der Waals surface area (Å²) in [5.41, 5.74) is 1.35. The molecular formula is C29H41ClN6S. The van der Waals surface area contributed by atoms with Crippen molar-refractivity contribution in [2.75, 3.05) is 41.3 Å². The predicted molar refractivity (Wildman–Crippen MR) is 159 cm³/mol. The lowest BCUT2D eigenvalue weighted by Crippen LogP contribution is -2.41. The largest absolute Gasteiger partial charge is 0.361 e. The summed E-state index contributed by atoms with van der Waals surface area (Å²) < 4.78 is 0. The maximum Gasteiger partial charge on any atom is 0.232 e. The molecule has 0 bridgehead atoms. The molecule has 0 spiro atoms. The van der Waals surface area contributed by atoms with E-state index in [1.54, 1.807) is 0 Å². The Labute approximate surface area is 232 Å². The summed E-state index contributed by atoms with van der Waals surface area (Å²) in [5, 5.41) is 8.24. The van der Waals surface area contributed by atoms with Crippen LogP contribution >= 0.6 is 23.8 Å². The molecule has 0 amide bonds. The van der Waals surface area contributed by atoms with E-state index in [1.165, 1.54) is 50.5 Å². The number of rotatable bonds is 6. The molecule has 5 rings (SSSR count). The number of thiocarbonyl (C=S) groups is 1. The minimum atomic E-state index is 0.0533. The average molecular weight is 541 g/mol. The number of nitrogens with zero attached hydrogens (tertiary/aromatic N) is 4. The molecule has 3 heterocycles. The van der Waals surface area contributed by atoms with Crippen LogP contribution in [0.4, 0.5) is 17.6 Å². The molecule has 3 aliphatic rings. The van der Waals surface area contributed by atoms with Crippen LogP contribution in [0.2, 0.25) is 5.02 Å². The van der Waals surface area contributed by atoms with E-state index in [-0.39, 0.29) is 5.41 Å². The number of nitrogens with one attached hydrogen (secondary N) is 2. The molecule has 6 nitrogen and oxygen atoms in total. The number of piperidine rings is 2. The van der Waals surface area contributed by atoms with Crippen molar-refractivity contribution in [3.63, 3.8) is 0 Å². The molecule has 1 aliphatic carbocycles. The third-order valence-corrected chi connectivity index (χ3v) is 9.07. The van der Waals surface area contributed by atoms with Gasteiger partial charge in [-0.05, 0) is 87.7 Å². The number of halogens is 1. The predicted octanol–water partition coefficient (Wildman–Crippen LogP) is 6.54. The zero-order chi connectivity index (χ0) is 25.8. The normalized spacial score (nSPS) is 23.6. The zero-order valence-electron chi connectivity index (χ0n) is 22.3. The van der Waals surface area contributed by atoms with Crippen LogP contribution in [0.25, 0.3) is 0 Å². The number of benzene rings is 1. The van der Waals surface area contributed by atoms with Gasteiger partial charge in [0.15, 0.2) is 5.11 Å². The molecule has 37 heavy (non-hydrogen) atoms. The van der Waals surface area contributed by atoms with Gasteiger partial charge in [-0.25, -0.2) is 0 Å². The monoisotopic (exact) mass is 540 g/mol. The van der Waals surface area contributed by atoms with Crippen molar-refractivity contribution in [3.8, 4) is 0 Å². The van der Waals surface area contributed by atoms with Crippen LogP contribution in [0.5, 0.6) is 0 Å². The smallest absolute Gasteiger partial charge is 0.232 e. The fourth-order valence-corrected chi connectivity index (χ4v) is 6.81. The maximum atomic E-state index is 6.35. The summed E-state index contributed by atoms with van der Waals surface area (Å²) >= 11 is 12.1. The van der Waals surface area contributed by atoms with Crippen LogP contribution in [0.3, 0.4) is 0 Å². The molecule has 2 aromatic rings. The molecule has 0 radical (unpaired) electrons. The highest BCUT2D eigenvalue weighted by Gasteiger charge is 2.36. The first kappa shape index (κ1) is 26.5. The number of anilines is 3. The van der Waals surface area contributed by atoms with Gasteiger partial charge in [0, 0.05) is 48.7 Å². The molecule has 2 atom stereocenters. The lowest BCUT2D eigenvalue weighted by molar-refractivity contribution is 0.435. The number of hydrogen-bond donors (Lipinski definition) is 2. The summed E-state index contributed by atoms with van der Waals surface area (Å²) in [6.07, 6.45) is 10.9. The Kier molecular flexibility index (Phi) is 8.40. The van der Waals surface area contributed by atoms with Crippen molar-refractivity contribution in [1.29, 1.82) is 0 Å². The molecule has 1 aromatic carbocycles. The van der Waals surface area contributed by atoms with E-state index >= 15 is 0 Å². The topological polar surface area (TPSA) is 56.3 Å². The summed E-state index contributed by atoms with van der Waals surface area (Å²) in [6, 6.07) is 11.0. The van der Waals surface area contributed by atoms with Crippen molar-refractivity contribution in [3.05, 3.63) is 40.9 Å². The Hall–Kier alpha value is -2.12. The Bertz CT molecular complexity index is 1090. The van der Waals surface area contributed by atoms with Crippen LogP contribution in [-0.4, -0.2) is 47.3 Å². The number of hydrogen-bond acceptors (Lipinski definition) is 5. The van der Waals surface area contributed by atoms with Gasteiger partial charge < -0.3 is 20.4 Å². The first-order valence-corrected chi connectivity index (χ1v) is 14.9. The molecule has 2 saturated heterocycles. The summed E-state index contributed by atoms with van der Waals surface area (Å²) in [5.74, 6) is 3.27. The average Bonchev–Trinajstić information content (AvgIpc) is 3.38. The highest BCUT2D eigenvalue weighted by atomic mass is 35.5. The second-order valence-corrected chi connectivity index (χ2v) is 12.3. The lowest BCUT2D eigenvalue weighted by atomic mass is 9.79. The van der Waals surface area contributed by atoms with E-state index in [0.717, 1.165) is 55.7 Å². The summed E-state index contributed by atoms with van der Waals surface area (Å²) in [6.45, 7) is 8.53. The fourth-order valence-electron chi connectivity index (χ4n) is 6.46. The minimum Gasteiger partial charge on any atom is -0.361 e. The summed E-state index contributed by atoms with van der Waals surface area (Å²) in [7, 11) is 0. The van der Waals surface area contributed by atoms with Gasteiger partial charge in [0.25, 0.3) is 0 Å². The van der Waals surface area contributed by atoms with E-state index in [1.807, 2.05) is 6.07 Å². The standard InChI is InChI=1S/C29H41ClN6S/c1-21-9-8-15-35(19-21)25-18-26(36-16-6-3-10-22(36)2)33-27(32-25)34-28(37)31-20-29(13-4-5-14-29)23-11-7-12-24(30)17-23/h7,11-12,17-18,21-22H,3-6,8-10,13-16,19-20H2,1-2H3,(H2,31,32,33,34,37)/t21-,22+/m1/s1. The van der Waals surface area contributed by atoms with Gasteiger partial charge in [-0.15, -0.1) is 0 Å². The van der Waals surface area contributed by atoms with Crippen molar-refractivity contribution >= 4 is 46.5 Å². The van der Waals surface area contributed by atoms with E-state index in [9.17, 15) is 0 Å². The Balaban J connectivity index is 1.34. The van der Waals surface area contributed by atoms with Crippen LogP contribution in [0.15, 0.2) is 30.3 Å². The summed E-state index contributed by atoms with van der Waals surface area (Å²) in [4.78, 5) is 14.8. The first-order chi connectivity index (χ1) is 17.9. The maximum absolute atomic E-state index is 6.35. The van der Waals surface area contributed by atoms with E-state index in [0.29, 0.717) is 23.0 Å². The van der Waals surface area contributed by atoms with Gasteiger partial charge in [-0.1, -0.05) is 43.5 Å². The van der Waals surface area contributed by atoms with Gasteiger partial charge in [-0.3, -0.25) is 0 Å². The van der Waals surface area contributed by atoms with Gasteiger partial charge in [0.2, 0.25) is 5.95 Å². The molecule has 1 saturated carbocycles. The SMILES string of the molecule is C[C@@H]1CCCN(c2cc(N3CCCC[C@@H]3C)nc(NC(=S)NCC3(c4cccc(Cl)c4)CCCC3)n2)C1. The van der Waals surface area contributed by atoms with Gasteiger partial charge in [0.05, 0.1) is 0 Å². The van der Waals surface area contributed by atoms with Crippen molar-refractivity contribution in [2.24, 2.45) is 5.92 Å². The van der Waals surface area contributed by atoms with Gasteiger partial charge in [0.1, 0.15) is 11.6 Å². The van der Waals surface area contributed by atoms with Crippen LogP contribution in [0.1, 0.15) is 77.2 Å². The van der Waals surface area contributed by atoms with Crippen LogP contribution in [0, 0.1) is 5.92 Å². The Morgan fingerprint density at radius 1 is 1.03 bits per heavy atom. The third-order valence-electron chi connectivity index (χ3n) is 8.59. The van der Waals surface area contributed by atoms with Crippen molar-refractivity contribution in [2.45, 2.75) is 83.1 Å². The quantitative estimate of drug-likeness (QED) is 0.403. The molecule has 2 aliphatic heterocycles. The van der Waals surface area contributed by atoms with Crippen molar-refractivity contribution in [1.82, 2.24) is 15.3 Å². The zero-order valence-corrected chi connectivity index (χ0v) is 23.9. The second kappa shape index (κ2) is 11.7. The van der Waals surface area contributed by atoms with E-state index in [2.05, 4.69) is 58.5 Å². The fraction of sp³-hybridized carbons (Fsp3) is 0.621. The van der Waals surface area contributed by atoms with E-state index in [4.69, 9.17) is 33.8 Å². The molecular weight excluding hydrogens is 500 g/mol. The lowest BCUT2D eigenvalue weighted by Gasteiger charge is -2.36. The minimum absolute atomic E-state index is 0.0533. The Morgan fingerprint density at radius 2 is 1.84 bits per heavy atom. The second-order valence-electron chi connectivity index (χ2n) is 11.4. The van der Waals surface area contributed by atoms with Crippen molar-refractivity contribution < 1.29 is 0 Å². The first-order valence-electron chi connectivity index (χ1n) is 14.1. The molecule has 1 aromatic heterocycles. The number of aromatic nitrogens is 2. The molecule has 3 fully saturated rings. The molecule has 200 valence electrons. The highest BCUT2D eigenvalue weighted by Crippen LogP contribution is 2.41. The van der Waals surface area contributed by atoms with Gasteiger partial charge in [-0.2, -0.15) is 9.97 Å². The van der Waals surface area contributed by atoms with Crippen LogP contribution < -0.4 is 20.4 Å². The molecule has 2 N–H and O–H groups in total. The van der Waals surface area contributed by atoms with E-state index < -0.39 is 0 Å².